The van der Waals surface area contributed by atoms with E-state index in [9.17, 15) is 0 Å². The fraction of sp³-hybridized carbons (Fsp3) is 0.467. The molecule has 1 aromatic heterocycles. The summed E-state index contributed by atoms with van der Waals surface area (Å²) >= 11 is 0. The van der Waals surface area contributed by atoms with Gasteiger partial charge in [-0.05, 0) is 31.4 Å². The second-order valence-electron chi connectivity index (χ2n) is 5.26. The summed E-state index contributed by atoms with van der Waals surface area (Å²) in [6.45, 7) is 8.30. The Hall–Kier alpha value is -2.04. The van der Waals surface area contributed by atoms with Crippen LogP contribution in [0.15, 0.2) is 24.3 Å². The van der Waals surface area contributed by atoms with Crippen molar-refractivity contribution < 1.29 is 4.74 Å². The third-order valence-electron chi connectivity index (χ3n) is 3.25. The lowest BCUT2D eigenvalue weighted by atomic mass is 10.1. The SMILES string of the molecule is CCC(C)Oc1cccc(-n2nnc(N)c2C(C)C)c1. The van der Waals surface area contributed by atoms with Crippen molar-refractivity contribution in [2.45, 2.75) is 46.1 Å². The minimum absolute atomic E-state index is 0.190. The first kappa shape index (κ1) is 14.4. The van der Waals surface area contributed by atoms with Gasteiger partial charge in [0.05, 0.1) is 17.5 Å². The highest BCUT2D eigenvalue weighted by atomic mass is 16.5. The van der Waals surface area contributed by atoms with E-state index in [1.54, 1.807) is 4.68 Å². The van der Waals surface area contributed by atoms with Crippen molar-refractivity contribution in [1.82, 2.24) is 15.0 Å². The highest BCUT2D eigenvalue weighted by Gasteiger charge is 2.15. The first-order chi connectivity index (χ1) is 9.52. The molecule has 0 aliphatic heterocycles. The van der Waals surface area contributed by atoms with E-state index in [1.165, 1.54) is 0 Å². The summed E-state index contributed by atoms with van der Waals surface area (Å²) in [7, 11) is 0. The quantitative estimate of drug-likeness (QED) is 0.909. The summed E-state index contributed by atoms with van der Waals surface area (Å²) < 4.78 is 7.62. The van der Waals surface area contributed by atoms with Crippen LogP contribution in [0.2, 0.25) is 0 Å². The van der Waals surface area contributed by atoms with Gasteiger partial charge in [0.1, 0.15) is 5.75 Å². The van der Waals surface area contributed by atoms with Gasteiger partial charge < -0.3 is 10.5 Å². The van der Waals surface area contributed by atoms with Gasteiger partial charge in [-0.25, -0.2) is 4.68 Å². The largest absolute Gasteiger partial charge is 0.491 e. The number of nitrogens with zero attached hydrogens (tertiary/aromatic N) is 3. The Balaban J connectivity index is 2.36. The molecule has 1 atom stereocenters. The van der Waals surface area contributed by atoms with E-state index in [0.717, 1.165) is 23.6 Å². The van der Waals surface area contributed by atoms with Crippen LogP contribution in [0.1, 0.15) is 45.7 Å². The lowest BCUT2D eigenvalue weighted by Crippen LogP contribution is -2.10. The van der Waals surface area contributed by atoms with Crippen molar-refractivity contribution in [3.8, 4) is 11.4 Å². The minimum Gasteiger partial charge on any atom is -0.491 e. The third-order valence-corrected chi connectivity index (χ3v) is 3.25. The zero-order valence-corrected chi connectivity index (χ0v) is 12.5. The molecule has 0 saturated heterocycles. The molecule has 5 heteroatoms. The number of nitrogen functional groups attached to an aromatic ring is 1. The van der Waals surface area contributed by atoms with Crippen LogP contribution in [-0.4, -0.2) is 21.1 Å². The predicted octanol–water partition coefficient (Wildman–Crippen LogP) is 3.15. The maximum Gasteiger partial charge on any atom is 0.169 e. The van der Waals surface area contributed by atoms with Gasteiger partial charge in [-0.2, -0.15) is 0 Å². The van der Waals surface area contributed by atoms with Crippen molar-refractivity contribution in [3.63, 3.8) is 0 Å². The number of hydrogen-bond acceptors (Lipinski definition) is 4. The number of anilines is 1. The van der Waals surface area contributed by atoms with E-state index in [-0.39, 0.29) is 12.0 Å². The van der Waals surface area contributed by atoms with E-state index >= 15 is 0 Å². The van der Waals surface area contributed by atoms with E-state index in [4.69, 9.17) is 10.5 Å². The Bertz CT molecular complexity index is 577. The summed E-state index contributed by atoms with van der Waals surface area (Å²) in [5, 5.41) is 8.10. The third kappa shape index (κ3) is 2.92. The lowest BCUT2D eigenvalue weighted by molar-refractivity contribution is 0.217. The Morgan fingerprint density at radius 2 is 2.05 bits per heavy atom. The maximum atomic E-state index is 5.89. The average Bonchev–Trinajstić information content (AvgIpc) is 2.81. The molecule has 2 rings (SSSR count). The van der Waals surface area contributed by atoms with Gasteiger partial charge in [0.2, 0.25) is 0 Å². The standard InChI is InChI=1S/C15H22N4O/c1-5-11(4)20-13-8-6-7-12(9-13)19-14(10(2)3)15(16)17-18-19/h6-11H,5,16H2,1-4H3. The van der Waals surface area contributed by atoms with Gasteiger partial charge in [-0.15, -0.1) is 5.10 Å². The van der Waals surface area contributed by atoms with Gasteiger partial charge in [0, 0.05) is 6.07 Å². The molecule has 1 heterocycles. The summed E-state index contributed by atoms with van der Waals surface area (Å²) in [6.07, 6.45) is 1.16. The van der Waals surface area contributed by atoms with E-state index < -0.39 is 0 Å². The Labute approximate surface area is 119 Å². The number of hydrogen-bond donors (Lipinski definition) is 1. The first-order valence-corrected chi connectivity index (χ1v) is 7.01. The Morgan fingerprint density at radius 1 is 1.30 bits per heavy atom. The molecule has 20 heavy (non-hydrogen) atoms. The Morgan fingerprint density at radius 3 is 2.70 bits per heavy atom. The molecule has 2 aromatic rings. The molecule has 0 bridgehead atoms. The van der Waals surface area contributed by atoms with Crippen LogP contribution in [0, 0.1) is 0 Å². The topological polar surface area (TPSA) is 66.0 Å². The summed E-state index contributed by atoms with van der Waals surface area (Å²) in [6, 6.07) is 7.84. The number of ether oxygens (including phenoxy) is 1. The fourth-order valence-corrected chi connectivity index (χ4v) is 2.04. The second-order valence-corrected chi connectivity index (χ2v) is 5.26. The van der Waals surface area contributed by atoms with Crippen LogP contribution >= 0.6 is 0 Å². The zero-order chi connectivity index (χ0) is 14.7. The zero-order valence-electron chi connectivity index (χ0n) is 12.5. The fourth-order valence-electron chi connectivity index (χ4n) is 2.04. The average molecular weight is 274 g/mol. The van der Waals surface area contributed by atoms with E-state index in [0.29, 0.717) is 5.82 Å². The van der Waals surface area contributed by atoms with E-state index in [1.807, 2.05) is 24.3 Å². The van der Waals surface area contributed by atoms with Crippen LogP contribution in [0.25, 0.3) is 5.69 Å². The molecule has 0 radical (unpaired) electrons. The molecular weight excluding hydrogens is 252 g/mol. The molecule has 0 saturated carbocycles. The van der Waals surface area contributed by atoms with Crippen molar-refractivity contribution in [2.75, 3.05) is 5.73 Å². The van der Waals surface area contributed by atoms with Gasteiger partial charge >= 0.3 is 0 Å². The molecule has 2 N–H and O–H groups in total. The molecular formula is C15H22N4O. The molecule has 0 fully saturated rings. The van der Waals surface area contributed by atoms with Gasteiger partial charge in [-0.1, -0.05) is 32.1 Å². The second kappa shape index (κ2) is 5.94. The molecule has 1 unspecified atom stereocenters. The summed E-state index contributed by atoms with van der Waals surface area (Å²) in [5.74, 6) is 1.57. The molecule has 108 valence electrons. The summed E-state index contributed by atoms with van der Waals surface area (Å²) in [5.41, 5.74) is 7.73. The smallest absolute Gasteiger partial charge is 0.169 e. The highest BCUT2D eigenvalue weighted by Crippen LogP contribution is 2.25. The number of benzene rings is 1. The molecule has 0 amide bonds. The van der Waals surface area contributed by atoms with Crippen molar-refractivity contribution >= 4 is 5.82 Å². The number of aromatic nitrogens is 3. The van der Waals surface area contributed by atoms with E-state index in [2.05, 4.69) is 38.0 Å². The molecule has 0 aliphatic rings. The van der Waals surface area contributed by atoms with Gasteiger partial charge in [-0.3, -0.25) is 0 Å². The lowest BCUT2D eigenvalue weighted by Gasteiger charge is -2.14. The molecule has 0 spiro atoms. The first-order valence-electron chi connectivity index (χ1n) is 7.01. The Kier molecular flexibility index (Phi) is 4.27. The normalized spacial score (nSPS) is 12.7. The van der Waals surface area contributed by atoms with Crippen molar-refractivity contribution in [2.24, 2.45) is 0 Å². The molecule has 0 aliphatic carbocycles. The maximum absolute atomic E-state index is 5.89. The van der Waals surface area contributed by atoms with Crippen LogP contribution in [0.4, 0.5) is 5.82 Å². The predicted molar refractivity (Wildman–Crippen MR) is 80.2 cm³/mol. The summed E-state index contributed by atoms with van der Waals surface area (Å²) in [4.78, 5) is 0. The molecule has 5 nitrogen and oxygen atoms in total. The number of nitrogens with two attached hydrogens (primary N) is 1. The number of rotatable bonds is 5. The molecule has 1 aromatic carbocycles. The van der Waals surface area contributed by atoms with Crippen LogP contribution in [-0.2, 0) is 0 Å². The monoisotopic (exact) mass is 274 g/mol. The van der Waals surface area contributed by atoms with Crippen LogP contribution in [0.3, 0.4) is 0 Å². The van der Waals surface area contributed by atoms with Gasteiger partial charge in [0.25, 0.3) is 0 Å². The highest BCUT2D eigenvalue weighted by molar-refractivity contribution is 5.45. The van der Waals surface area contributed by atoms with Crippen molar-refractivity contribution in [1.29, 1.82) is 0 Å². The van der Waals surface area contributed by atoms with Crippen LogP contribution < -0.4 is 10.5 Å². The minimum atomic E-state index is 0.190. The van der Waals surface area contributed by atoms with Gasteiger partial charge in [0.15, 0.2) is 5.82 Å². The van der Waals surface area contributed by atoms with Crippen LogP contribution in [0.5, 0.6) is 5.75 Å². The van der Waals surface area contributed by atoms with Crippen molar-refractivity contribution in [3.05, 3.63) is 30.0 Å².